The summed E-state index contributed by atoms with van der Waals surface area (Å²) >= 11 is 0. The number of imidazole rings is 1. The zero-order valence-electron chi connectivity index (χ0n) is 12.7. The predicted octanol–water partition coefficient (Wildman–Crippen LogP) is 2.16. The summed E-state index contributed by atoms with van der Waals surface area (Å²) in [6.07, 6.45) is 6.13. The summed E-state index contributed by atoms with van der Waals surface area (Å²) in [6.45, 7) is 5.47. The van der Waals surface area contributed by atoms with Gasteiger partial charge in [-0.05, 0) is 26.3 Å². The summed E-state index contributed by atoms with van der Waals surface area (Å²) in [5, 5.41) is 4.02. The van der Waals surface area contributed by atoms with Gasteiger partial charge in [0.1, 0.15) is 0 Å². The molecule has 1 aliphatic heterocycles. The molecular formula is C15H22N4O2. The standard InChI is InChI=1S/C15H22N4O2/c1-12-8-15(21-17-12)14-4-3-5-18(14)10-13-9-16-11-19(13)6-7-20-2/h8-9,11,14H,3-7,10H2,1-2H3/t14-/m0/s1. The molecule has 0 bridgehead atoms. The fourth-order valence-corrected chi connectivity index (χ4v) is 2.96. The number of aromatic nitrogens is 3. The molecule has 0 N–H and O–H groups in total. The highest BCUT2D eigenvalue weighted by atomic mass is 16.5. The number of nitrogens with zero attached hydrogens (tertiary/aromatic N) is 4. The van der Waals surface area contributed by atoms with Gasteiger partial charge in [-0.3, -0.25) is 4.90 Å². The average Bonchev–Trinajstić information content (AvgIpc) is 3.18. The van der Waals surface area contributed by atoms with Crippen LogP contribution in [0, 0.1) is 6.92 Å². The van der Waals surface area contributed by atoms with Crippen molar-refractivity contribution in [1.82, 2.24) is 19.6 Å². The van der Waals surface area contributed by atoms with Gasteiger partial charge in [0.2, 0.25) is 0 Å². The number of rotatable bonds is 6. The summed E-state index contributed by atoms with van der Waals surface area (Å²) in [7, 11) is 1.72. The van der Waals surface area contributed by atoms with Gasteiger partial charge in [0, 0.05) is 32.5 Å². The Hall–Kier alpha value is -1.66. The Morgan fingerprint density at radius 3 is 3.14 bits per heavy atom. The van der Waals surface area contributed by atoms with E-state index in [4.69, 9.17) is 9.26 Å². The van der Waals surface area contributed by atoms with Crippen LogP contribution in [0.3, 0.4) is 0 Å². The SMILES string of the molecule is COCCn1cncc1CN1CCC[C@H]1c1cc(C)no1. The molecule has 0 saturated carbocycles. The summed E-state index contributed by atoms with van der Waals surface area (Å²) in [5.41, 5.74) is 2.16. The third-order valence-electron chi connectivity index (χ3n) is 4.04. The largest absolute Gasteiger partial charge is 0.383 e. The van der Waals surface area contributed by atoms with Gasteiger partial charge < -0.3 is 13.8 Å². The van der Waals surface area contributed by atoms with Crippen LogP contribution in [0.15, 0.2) is 23.1 Å². The Balaban J connectivity index is 1.70. The Morgan fingerprint density at radius 1 is 1.48 bits per heavy atom. The van der Waals surface area contributed by atoms with Crippen molar-refractivity contribution in [2.75, 3.05) is 20.3 Å². The molecule has 0 radical (unpaired) electrons. The first-order valence-corrected chi connectivity index (χ1v) is 7.43. The maximum absolute atomic E-state index is 5.46. The first-order valence-electron chi connectivity index (χ1n) is 7.43. The second kappa shape index (κ2) is 6.41. The first kappa shape index (κ1) is 14.3. The molecule has 0 aromatic carbocycles. The Labute approximate surface area is 124 Å². The second-order valence-corrected chi connectivity index (χ2v) is 5.57. The van der Waals surface area contributed by atoms with Crippen LogP contribution in [0.25, 0.3) is 0 Å². The van der Waals surface area contributed by atoms with Crippen LogP contribution in [-0.2, 0) is 17.8 Å². The number of ether oxygens (including phenoxy) is 1. The van der Waals surface area contributed by atoms with E-state index in [0.717, 1.165) is 37.5 Å². The average molecular weight is 290 g/mol. The summed E-state index contributed by atoms with van der Waals surface area (Å²) < 4.78 is 12.8. The van der Waals surface area contributed by atoms with Crippen LogP contribution in [0.4, 0.5) is 0 Å². The van der Waals surface area contributed by atoms with Crippen molar-refractivity contribution in [2.24, 2.45) is 0 Å². The molecule has 6 nitrogen and oxygen atoms in total. The van der Waals surface area contributed by atoms with Crippen LogP contribution in [0.2, 0.25) is 0 Å². The maximum Gasteiger partial charge on any atom is 0.154 e. The lowest BCUT2D eigenvalue weighted by Gasteiger charge is -2.22. The smallest absolute Gasteiger partial charge is 0.154 e. The van der Waals surface area contributed by atoms with Gasteiger partial charge >= 0.3 is 0 Å². The summed E-state index contributed by atoms with van der Waals surface area (Å²) in [6, 6.07) is 2.38. The fraction of sp³-hybridized carbons (Fsp3) is 0.600. The third kappa shape index (κ3) is 3.16. The molecule has 3 heterocycles. The molecule has 0 unspecified atom stereocenters. The van der Waals surface area contributed by atoms with Crippen molar-refractivity contribution in [3.63, 3.8) is 0 Å². The first-order chi connectivity index (χ1) is 10.3. The Kier molecular flexibility index (Phi) is 4.36. The van der Waals surface area contributed by atoms with Crippen LogP contribution >= 0.6 is 0 Å². The number of likely N-dealkylation sites (tertiary alicyclic amines) is 1. The lowest BCUT2D eigenvalue weighted by atomic mass is 10.1. The van der Waals surface area contributed by atoms with Crippen molar-refractivity contribution in [1.29, 1.82) is 0 Å². The minimum atomic E-state index is 0.331. The molecule has 3 rings (SSSR count). The molecule has 0 amide bonds. The van der Waals surface area contributed by atoms with Crippen molar-refractivity contribution < 1.29 is 9.26 Å². The molecule has 1 saturated heterocycles. The number of aryl methyl sites for hydroxylation is 1. The summed E-state index contributed by atoms with van der Waals surface area (Å²) in [4.78, 5) is 6.71. The van der Waals surface area contributed by atoms with Gasteiger partial charge in [-0.2, -0.15) is 0 Å². The molecule has 2 aromatic heterocycles. The van der Waals surface area contributed by atoms with E-state index in [2.05, 4.69) is 19.6 Å². The quantitative estimate of drug-likeness (QED) is 0.816. The zero-order valence-corrected chi connectivity index (χ0v) is 12.7. The highest BCUT2D eigenvalue weighted by molar-refractivity contribution is 5.10. The van der Waals surface area contributed by atoms with Gasteiger partial charge in [0.05, 0.1) is 30.4 Å². The molecule has 21 heavy (non-hydrogen) atoms. The minimum Gasteiger partial charge on any atom is -0.383 e. The molecule has 0 aliphatic carbocycles. The molecule has 1 fully saturated rings. The molecule has 114 valence electrons. The van der Waals surface area contributed by atoms with Crippen molar-refractivity contribution in [3.8, 4) is 0 Å². The van der Waals surface area contributed by atoms with Gasteiger partial charge in [-0.15, -0.1) is 0 Å². The lowest BCUT2D eigenvalue weighted by molar-refractivity contribution is 0.179. The Morgan fingerprint density at radius 2 is 2.38 bits per heavy atom. The molecule has 2 aromatic rings. The molecule has 6 heteroatoms. The van der Waals surface area contributed by atoms with Crippen molar-refractivity contribution in [3.05, 3.63) is 35.7 Å². The van der Waals surface area contributed by atoms with E-state index in [1.807, 2.05) is 25.5 Å². The van der Waals surface area contributed by atoms with Crippen LogP contribution in [0.1, 0.15) is 36.0 Å². The number of hydrogen-bond acceptors (Lipinski definition) is 5. The van der Waals surface area contributed by atoms with E-state index in [1.165, 1.54) is 12.1 Å². The second-order valence-electron chi connectivity index (χ2n) is 5.57. The van der Waals surface area contributed by atoms with Gasteiger partial charge in [0.15, 0.2) is 5.76 Å². The highest BCUT2D eigenvalue weighted by Gasteiger charge is 2.29. The molecule has 1 aliphatic rings. The lowest BCUT2D eigenvalue weighted by Crippen LogP contribution is -2.24. The van der Waals surface area contributed by atoms with E-state index < -0.39 is 0 Å². The zero-order chi connectivity index (χ0) is 14.7. The number of hydrogen-bond donors (Lipinski definition) is 0. The van der Waals surface area contributed by atoms with E-state index >= 15 is 0 Å². The molecular weight excluding hydrogens is 268 g/mol. The maximum atomic E-state index is 5.46. The normalized spacial score (nSPS) is 19.4. The van der Waals surface area contributed by atoms with Crippen LogP contribution < -0.4 is 0 Å². The predicted molar refractivity (Wildman–Crippen MR) is 77.7 cm³/mol. The highest BCUT2D eigenvalue weighted by Crippen LogP contribution is 2.33. The van der Waals surface area contributed by atoms with Crippen molar-refractivity contribution in [2.45, 2.75) is 38.9 Å². The van der Waals surface area contributed by atoms with E-state index in [-0.39, 0.29) is 0 Å². The minimum absolute atomic E-state index is 0.331. The van der Waals surface area contributed by atoms with Crippen LogP contribution in [0.5, 0.6) is 0 Å². The van der Waals surface area contributed by atoms with Gasteiger partial charge in [-0.1, -0.05) is 5.16 Å². The van der Waals surface area contributed by atoms with E-state index in [9.17, 15) is 0 Å². The number of methoxy groups -OCH3 is 1. The van der Waals surface area contributed by atoms with Gasteiger partial charge in [-0.25, -0.2) is 4.98 Å². The van der Waals surface area contributed by atoms with Crippen LogP contribution in [-0.4, -0.2) is 39.9 Å². The topological polar surface area (TPSA) is 56.3 Å². The van der Waals surface area contributed by atoms with E-state index in [0.29, 0.717) is 12.6 Å². The van der Waals surface area contributed by atoms with E-state index in [1.54, 1.807) is 7.11 Å². The molecule has 1 atom stereocenters. The monoisotopic (exact) mass is 290 g/mol. The third-order valence-corrected chi connectivity index (χ3v) is 4.04. The molecule has 0 spiro atoms. The Bertz CT molecular complexity index is 578. The summed E-state index contributed by atoms with van der Waals surface area (Å²) in [5.74, 6) is 0.980. The van der Waals surface area contributed by atoms with Crippen molar-refractivity contribution >= 4 is 0 Å². The fourth-order valence-electron chi connectivity index (χ4n) is 2.96. The van der Waals surface area contributed by atoms with Gasteiger partial charge in [0.25, 0.3) is 0 Å².